The molecule has 2 aromatic heterocycles. The highest BCUT2D eigenvalue weighted by Gasteiger charge is 2.14. The SMILES string of the molecule is COc1ccc(OC)c(C(C)Nc2ccc3nnnn3n2)c1. The Morgan fingerprint density at radius 1 is 1.14 bits per heavy atom. The topological polar surface area (TPSA) is 86.5 Å². The van der Waals surface area contributed by atoms with E-state index in [1.807, 2.05) is 31.2 Å². The molecule has 8 heteroatoms. The highest BCUT2D eigenvalue weighted by atomic mass is 16.5. The van der Waals surface area contributed by atoms with E-state index < -0.39 is 0 Å². The highest BCUT2D eigenvalue weighted by Crippen LogP contribution is 2.30. The van der Waals surface area contributed by atoms with Gasteiger partial charge in [0.25, 0.3) is 0 Å². The number of ether oxygens (including phenoxy) is 2. The van der Waals surface area contributed by atoms with Crippen LogP contribution in [0.3, 0.4) is 0 Å². The smallest absolute Gasteiger partial charge is 0.200 e. The normalized spacial score (nSPS) is 12.1. The summed E-state index contributed by atoms with van der Waals surface area (Å²) in [6.07, 6.45) is 0. The highest BCUT2D eigenvalue weighted by molar-refractivity contribution is 5.48. The van der Waals surface area contributed by atoms with Gasteiger partial charge in [-0.2, -0.15) is 0 Å². The maximum absolute atomic E-state index is 5.41. The Balaban J connectivity index is 1.88. The van der Waals surface area contributed by atoms with E-state index >= 15 is 0 Å². The summed E-state index contributed by atoms with van der Waals surface area (Å²) in [5.41, 5.74) is 1.57. The van der Waals surface area contributed by atoms with Crippen LogP contribution >= 0.6 is 0 Å². The van der Waals surface area contributed by atoms with Crippen LogP contribution < -0.4 is 14.8 Å². The molecule has 0 radical (unpaired) electrons. The largest absolute Gasteiger partial charge is 0.497 e. The minimum absolute atomic E-state index is 0.0357. The van der Waals surface area contributed by atoms with Crippen molar-refractivity contribution in [3.63, 3.8) is 0 Å². The molecular weight excluding hydrogens is 284 g/mol. The predicted molar refractivity (Wildman–Crippen MR) is 80.2 cm³/mol. The zero-order chi connectivity index (χ0) is 15.5. The molecule has 1 aromatic carbocycles. The van der Waals surface area contributed by atoms with Crippen molar-refractivity contribution in [3.8, 4) is 11.5 Å². The zero-order valence-corrected chi connectivity index (χ0v) is 12.5. The summed E-state index contributed by atoms with van der Waals surface area (Å²) in [4.78, 5) is 0. The Morgan fingerprint density at radius 3 is 2.77 bits per heavy atom. The van der Waals surface area contributed by atoms with E-state index in [2.05, 4.69) is 25.9 Å². The number of hydrogen-bond acceptors (Lipinski definition) is 7. The average Bonchev–Trinajstić information content (AvgIpc) is 3.01. The molecule has 0 amide bonds. The fraction of sp³-hybridized carbons (Fsp3) is 0.286. The predicted octanol–water partition coefficient (Wildman–Crippen LogP) is 1.71. The Morgan fingerprint density at radius 2 is 2.00 bits per heavy atom. The molecule has 3 aromatic rings. The lowest BCUT2D eigenvalue weighted by Crippen LogP contribution is -2.11. The van der Waals surface area contributed by atoms with Crippen LogP contribution in [0.25, 0.3) is 5.65 Å². The fourth-order valence-corrected chi connectivity index (χ4v) is 2.20. The number of methoxy groups -OCH3 is 2. The molecule has 0 saturated heterocycles. The molecular formula is C14H16N6O2. The maximum atomic E-state index is 5.41. The summed E-state index contributed by atoms with van der Waals surface area (Å²) in [6, 6.07) is 9.27. The second-order valence-corrected chi connectivity index (χ2v) is 4.72. The fourth-order valence-electron chi connectivity index (χ4n) is 2.20. The van der Waals surface area contributed by atoms with Crippen molar-refractivity contribution in [2.24, 2.45) is 0 Å². The van der Waals surface area contributed by atoms with E-state index in [0.717, 1.165) is 17.1 Å². The lowest BCUT2D eigenvalue weighted by Gasteiger charge is -2.18. The van der Waals surface area contributed by atoms with E-state index in [0.29, 0.717) is 11.5 Å². The second-order valence-electron chi connectivity index (χ2n) is 4.72. The van der Waals surface area contributed by atoms with Crippen molar-refractivity contribution in [1.82, 2.24) is 25.3 Å². The molecule has 0 fully saturated rings. The van der Waals surface area contributed by atoms with Gasteiger partial charge in [-0.25, -0.2) is 0 Å². The minimum atomic E-state index is -0.0357. The number of anilines is 1. The molecule has 1 unspecified atom stereocenters. The summed E-state index contributed by atoms with van der Waals surface area (Å²) < 4.78 is 12.1. The lowest BCUT2D eigenvalue weighted by molar-refractivity contribution is 0.397. The Labute approximate surface area is 127 Å². The Kier molecular flexibility index (Phi) is 3.73. The van der Waals surface area contributed by atoms with E-state index in [1.54, 1.807) is 20.3 Å². The lowest BCUT2D eigenvalue weighted by atomic mass is 10.1. The molecule has 0 bridgehead atoms. The molecule has 2 heterocycles. The van der Waals surface area contributed by atoms with Crippen LogP contribution in [0, 0.1) is 0 Å². The van der Waals surface area contributed by atoms with Crippen LogP contribution in [0.4, 0.5) is 5.82 Å². The molecule has 8 nitrogen and oxygen atoms in total. The second kappa shape index (κ2) is 5.84. The monoisotopic (exact) mass is 300 g/mol. The van der Waals surface area contributed by atoms with Gasteiger partial charge in [-0.05, 0) is 47.7 Å². The van der Waals surface area contributed by atoms with Gasteiger partial charge in [0.2, 0.25) is 0 Å². The number of hydrogen-bond donors (Lipinski definition) is 1. The Bertz CT molecular complexity index is 788. The summed E-state index contributed by atoms with van der Waals surface area (Å²) in [5.74, 6) is 2.22. The van der Waals surface area contributed by atoms with Crippen molar-refractivity contribution in [2.75, 3.05) is 19.5 Å². The van der Waals surface area contributed by atoms with Crippen LogP contribution in [-0.2, 0) is 0 Å². The maximum Gasteiger partial charge on any atom is 0.200 e. The Hall–Kier alpha value is -2.90. The molecule has 1 N–H and O–H groups in total. The molecule has 0 saturated carbocycles. The van der Waals surface area contributed by atoms with Gasteiger partial charge in [0.05, 0.1) is 20.3 Å². The van der Waals surface area contributed by atoms with Crippen LogP contribution in [0.1, 0.15) is 18.5 Å². The van der Waals surface area contributed by atoms with E-state index in [9.17, 15) is 0 Å². The molecule has 22 heavy (non-hydrogen) atoms. The van der Waals surface area contributed by atoms with Crippen molar-refractivity contribution >= 4 is 11.5 Å². The van der Waals surface area contributed by atoms with Crippen molar-refractivity contribution in [2.45, 2.75) is 13.0 Å². The van der Waals surface area contributed by atoms with Gasteiger partial charge in [0.1, 0.15) is 17.3 Å². The summed E-state index contributed by atoms with van der Waals surface area (Å²) in [6.45, 7) is 2.02. The summed E-state index contributed by atoms with van der Waals surface area (Å²) in [5, 5.41) is 18.8. The first-order chi connectivity index (χ1) is 10.7. The summed E-state index contributed by atoms with van der Waals surface area (Å²) in [7, 11) is 3.28. The number of aromatic nitrogens is 5. The molecule has 0 aliphatic carbocycles. The van der Waals surface area contributed by atoms with Gasteiger partial charge in [0, 0.05) is 5.56 Å². The number of nitrogens with zero attached hydrogens (tertiary/aromatic N) is 5. The molecule has 3 rings (SSSR count). The third-order valence-electron chi connectivity index (χ3n) is 3.34. The number of benzene rings is 1. The quantitative estimate of drug-likeness (QED) is 0.767. The first kappa shape index (κ1) is 14.1. The molecule has 0 spiro atoms. The number of rotatable bonds is 5. The zero-order valence-electron chi connectivity index (χ0n) is 12.5. The van der Waals surface area contributed by atoms with Crippen LogP contribution in [0.5, 0.6) is 11.5 Å². The van der Waals surface area contributed by atoms with Crippen molar-refractivity contribution < 1.29 is 9.47 Å². The third kappa shape index (κ3) is 2.62. The van der Waals surface area contributed by atoms with Crippen molar-refractivity contribution in [3.05, 3.63) is 35.9 Å². The van der Waals surface area contributed by atoms with E-state index in [1.165, 1.54) is 4.63 Å². The first-order valence-electron chi connectivity index (χ1n) is 6.75. The van der Waals surface area contributed by atoms with Gasteiger partial charge in [-0.1, -0.05) is 0 Å². The first-order valence-corrected chi connectivity index (χ1v) is 6.75. The van der Waals surface area contributed by atoms with E-state index in [-0.39, 0.29) is 6.04 Å². The summed E-state index contributed by atoms with van der Waals surface area (Å²) >= 11 is 0. The van der Waals surface area contributed by atoms with E-state index in [4.69, 9.17) is 9.47 Å². The van der Waals surface area contributed by atoms with Gasteiger partial charge < -0.3 is 14.8 Å². The molecule has 0 aliphatic heterocycles. The van der Waals surface area contributed by atoms with Crippen LogP contribution in [0.15, 0.2) is 30.3 Å². The average molecular weight is 300 g/mol. The number of fused-ring (bicyclic) bond motifs is 1. The molecule has 0 aliphatic rings. The van der Waals surface area contributed by atoms with Crippen LogP contribution in [0.2, 0.25) is 0 Å². The van der Waals surface area contributed by atoms with Gasteiger partial charge >= 0.3 is 0 Å². The number of tetrazole rings is 1. The van der Waals surface area contributed by atoms with Gasteiger partial charge in [0.15, 0.2) is 5.65 Å². The van der Waals surface area contributed by atoms with Crippen LogP contribution in [-0.4, -0.2) is 39.5 Å². The minimum Gasteiger partial charge on any atom is -0.497 e. The molecule has 1 atom stereocenters. The van der Waals surface area contributed by atoms with Gasteiger partial charge in [-0.15, -0.1) is 14.8 Å². The van der Waals surface area contributed by atoms with Crippen molar-refractivity contribution in [1.29, 1.82) is 0 Å². The standard InChI is InChI=1S/C14H16N6O2/c1-9(11-8-10(21-2)4-5-12(11)22-3)15-13-6-7-14-16-18-19-20(14)17-13/h4-9H,1-3H3,(H,15,17). The molecule has 114 valence electrons. The number of nitrogens with one attached hydrogen (secondary N) is 1. The third-order valence-corrected chi connectivity index (χ3v) is 3.34. The van der Waals surface area contributed by atoms with Gasteiger partial charge in [-0.3, -0.25) is 0 Å².